The summed E-state index contributed by atoms with van der Waals surface area (Å²) in [5.74, 6) is 0. The fourth-order valence-corrected chi connectivity index (χ4v) is 3.37. The number of aliphatic imine (C=N–C) groups is 1. The van der Waals surface area contributed by atoms with Crippen LogP contribution < -0.4 is 15.2 Å². The Morgan fingerprint density at radius 2 is 2.00 bits per heavy atom. The summed E-state index contributed by atoms with van der Waals surface area (Å²) in [5.41, 5.74) is 11.0. The average molecular weight is 397 g/mol. The predicted molar refractivity (Wildman–Crippen MR) is 117 cm³/mol. The minimum Gasteiger partial charge on any atom is -0.396 e. The summed E-state index contributed by atoms with van der Waals surface area (Å²) in [6.07, 6.45) is 8.15. The standard InChI is InChI=1S/C22H27ClN5/c1-5-28(13-12-27-11-10-26(4)15-27)19-8-6-18(7-9-19)25-20-14-16(2)17(3)21(23)22(20)24/h6-11,14-15H,3,5,12-13,24H2,1-2,4H3/q+1/b25-20+. The van der Waals surface area contributed by atoms with Gasteiger partial charge in [0.05, 0.1) is 35.7 Å². The third kappa shape index (κ3) is 4.37. The van der Waals surface area contributed by atoms with Gasteiger partial charge in [0.25, 0.3) is 0 Å². The molecule has 5 nitrogen and oxygen atoms in total. The molecular formula is C22H27ClN5+. The monoisotopic (exact) mass is 396 g/mol. The van der Waals surface area contributed by atoms with Crippen LogP contribution in [0.4, 0.5) is 11.4 Å². The van der Waals surface area contributed by atoms with Crippen molar-refractivity contribution >= 4 is 28.7 Å². The van der Waals surface area contributed by atoms with E-state index in [1.165, 1.54) is 5.69 Å². The van der Waals surface area contributed by atoms with Crippen LogP contribution in [0.1, 0.15) is 13.8 Å². The second-order valence-corrected chi connectivity index (χ2v) is 7.32. The van der Waals surface area contributed by atoms with Crippen LogP contribution in [0.25, 0.3) is 0 Å². The molecule has 1 aromatic heterocycles. The summed E-state index contributed by atoms with van der Waals surface area (Å²) in [5, 5.41) is 0.478. The Labute approximate surface area is 171 Å². The molecule has 0 amide bonds. The van der Waals surface area contributed by atoms with E-state index in [-0.39, 0.29) is 0 Å². The summed E-state index contributed by atoms with van der Waals surface area (Å²) in [6, 6.07) is 8.21. The van der Waals surface area contributed by atoms with Crippen molar-refractivity contribution in [2.45, 2.75) is 20.4 Å². The summed E-state index contributed by atoms with van der Waals surface area (Å²) in [7, 11) is 2.03. The van der Waals surface area contributed by atoms with Crippen LogP contribution in [0.15, 0.2) is 82.5 Å². The van der Waals surface area contributed by atoms with Crippen LogP contribution >= 0.6 is 11.6 Å². The van der Waals surface area contributed by atoms with Gasteiger partial charge in [-0.15, -0.1) is 0 Å². The van der Waals surface area contributed by atoms with Gasteiger partial charge in [0, 0.05) is 12.2 Å². The van der Waals surface area contributed by atoms with E-state index >= 15 is 0 Å². The zero-order valence-electron chi connectivity index (χ0n) is 16.7. The number of nitrogens with zero attached hydrogens (tertiary/aromatic N) is 4. The maximum atomic E-state index is 6.27. The fourth-order valence-electron chi connectivity index (χ4n) is 3.13. The lowest BCUT2D eigenvalue weighted by molar-refractivity contribution is -0.671. The molecule has 0 aliphatic heterocycles. The SMILES string of the molecule is C=C1C(C)=C/C(=N\c2ccc(N(CC)CCn3cc[n+](C)c3)cc2)C(N)=C1Cl. The first-order valence-corrected chi connectivity index (χ1v) is 9.75. The highest BCUT2D eigenvalue weighted by Crippen LogP contribution is 2.29. The van der Waals surface area contributed by atoms with Crippen LogP contribution in [0.2, 0.25) is 0 Å². The molecule has 1 aliphatic rings. The molecule has 2 N–H and O–H groups in total. The summed E-state index contributed by atoms with van der Waals surface area (Å²) >= 11 is 6.27. The molecule has 0 radical (unpaired) electrons. The topological polar surface area (TPSA) is 50.4 Å². The number of allylic oxidation sites excluding steroid dienone is 4. The number of nitrogens with two attached hydrogens (primary N) is 1. The molecule has 0 bridgehead atoms. The molecule has 146 valence electrons. The highest BCUT2D eigenvalue weighted by Gasteiger charge is 2.17. The summed E-state index contributed by atoms with van der Waals surface area (Å²) < 4.78 is 4.24. The van der Waals surface area contributed by atoms with Crippen LogP contribution in [-0.2, 0) is 13.6 Å². The minimum atomic E-state index is 0.469. The van der Waals surface area contributed by atoms with Gasteiger partial charge in [-0.2, -0.15) is 0 Å². The van der Waals surface area contributed by atoms with E-state index in [1.807, 2.05) is 42.9 Å². The molecule has 6 heteroatoms. The van der Waals surface area contributed by atoms with E-state index in [1.54, 1.807) is 0 Å². The number of rotatable bonds is 6. The van der Waals surface area contributed by atoms with Crippen molar-refractivity contribution in [2.24, 2.45) is 17.8 Å². The van der Waals surface area contributed by atoms with Gasteiger partial charge in [-0.3, -0.25) is 0 Å². The molecule has 0 atom stereocenters. The molecule has 0 unspecified atom stereocenters. The summed E-state index contributed by atoms with van der Waals surface area (Å²) in [6.45, 7) is 10.9. The number of imidazole rings is 1. The molecule has 1 heterocycles. The maximum absolute atomic E-state index is 6.27. The van der Waals surface area contributed by atoms with E-state index < -0.39 is 0 Å². The molecule has 0 spiro atoms. The van der Waals surface area contributed by atoms with Crippen LogP contribution in [0.3, 0.4) is 0 Å². The Kier molecular flexibility index (Phi) is 6.05. The number of likely N-dealkylation sites (N-methyl/N-ethyl adjacent to an activating group) is 1. The quantitative estimate of drug-likeness (QED) is 0.754. The smallest absolute Gasteiger partial charge is 0.243 e. The average Bonchev–Trinajstić information content (AvgIpc) is 3.11. The first-order chi connectivity index (χ1) is 13.4. The normalized spacial score (nSPS) is 15.9. The lowest BCUT2D eigenvalue weighted by Gasteiger charge is -2.22. The third-order valence-corrected chi connectivity index (χ3v) is 5.34. The third-order valence-electron chi connectivity index (χ3n) is 4.90. The highest BCUT2D eigenvalue weighted by molar-refractivity contribution is 6.36. The zero-order valence-corrected chi connectivity index (χ0v) is 17.4. The van der Waals surface area contributed by atoms with Gasteiger partial charge in [-0.05, 0) is 55.3 Å². The lowest BCUT2D eigenvalue weighted by atomic mass is 9.99. The van der Waals surface area contributed by atoms with Crippen LogP contribution in [0, 0.1) is 0 Å². The molecule has 0 saturated carbocycles. The Morgan fingerprint density at radius 3 is 2.61 bits per heavy atom. The van der Waals surface area contributed by atoms with Crippen molar-refractivity contribution in [2.75, 3.05) is 18.0 Å². The molecule has 3 rings (SSSR count). The number of hydrogen-bond acceptors (Lipinski definition) is 3. The van der Waals surface area contributed by atoms with Crippen molar-refractivity contribution in [1.82, 2.24) is 4.57 Å². The van der Waals surface area contributed by atoms with E-state index in [2.05, 4.69) is 52.6 Å². The number of anilines is 1. The number of aromatic nitrogens is 2. The van der Waals surface area contributed by atoms with E-state index in [0.717, 1.165) is 36.5 Å². The fraction of sp³-hybridized carbons (Fsp3) is 0.273. The first kappa shape index (κ1) is 20.0. The molecule has 1 aliphatic carbocycles. The molecule has 2 aromatic rings. The van der Waals surface area contributed by atoms with Gasteiger partial charge in [0.15, 0.2) is 0 Å². The summed E-state index contributed by atoms with van der Waals surface area (Å²) in [4.78, 5) is 7.01. The molecule has 28 heavy (non-hydrogen) atoms. The second-order valence-electron chi connectivity index (χ2n) is 6.94. The molecular weight excluding hydrogens is 370 g/mol. The second kappa shape index (κ2) is 8.48. The minimum absolute atomic E-state index is 0.469. The number of halogens is 1. The zero-order chi connectivity index (χ0) is 20.3. The van der Waals surface area contributed by atoms with E-state index in [4.69, 9.17) is 17.3 Å². The van der Waals surface area contributed by atoms with Crippen molar-refractivity contribution in [1.29, 1.82) is 0 Å². The van der Waals surface area contributed by atoms with Crippen molar-refractivity contribution in [3.63, 3.8) is 0 Å². The van der Waals surface area contributed by atoms with Gasteiger partial charge in [0.1, 0.15) is 18.9 Å². The van der Waals surface area contributed by atoms with Gasteiger partial charge in [-0.25, -0.2) is 14.1 Å². The Hall–Kier alpha value is -2.79. The van der Waals surface area contributed by atoms with E-state index in [0.29, 0.717) is 16.4 Å². The highest BCUT2D eigenvalue weighted by atomic mass is 35.5. The van der Waals surface area contributed by atoms with Crippen molar-refractivity contribution in [3.05, 3.63) is 77.5 Å². The maximum Gasteiger partial charge on any atom is 0.243 e. The van der Waals surface area contributed by atoms with Gasteiger partial charge in [-0.1, -0.05) is 18.2 Å². The Balaban J connectivity index is 1.74. The largest absolute Gasteiger partial charge is 0.396 e. The van der Waals surface area contributed by atoms with Gasteiger partial charge in [0.2, 0.25) is 6.33 Å². The van der Waals surface area contributed by atoms with Crippen molar-refractivity contribution in [3.8, 4) is 0 Å². The van der Waals surface area contributed by atoms with Crippen LogP contribution in [0.5, 0.6) is 0 Å². The lowest BCUT2D eigenvalue weighted by Crippen LogP contribution is -2.28. The number of benzene rings is 1. The molecule has 0 fully saturated rings. The van der Waals surface area contributed by atoms with Gasteiger partial charge >= 0.3 is 0 Å². The van der Waals surface area contributed by atoms with Gasteiger partial charge < -0.3 is 10.6 Å². The Bertz CT molecular complexity index is 963. The van der Waals surface area contributed by atoms with Crippen LogP contribution in [-0.4, -0.2) is 23.4 Å². The number of aryl methyl sites for hydroxylation is 1. The number of hydrogen-bond donors (Lipinski definition) is 1. The first-order valence-electron chi connectivity index (χ1n) is 9.37. The molecule has 1 aromatic carbocycles. The van der Waals surface area contributed by atoms with Crippen molar-refractivity contribution < 1.29 is 4.57 Å². The Morgan fingerprint density at radius 1 is 1.29 bits per heavy atom. The molecule has 0 saturated heterocycles. The predicted octanol–water partition coefficient (Wildman–Crippen LogP) is 3.84. The van der Waals surface area contributed by atoms with E-state index in [9.17, 15) is 0 Å².